The average Bonchev–Trinajstić information content (AvgIpc) is 2.61. The van der Waals surface area contributed by atoms with Gasteiger partial charge in [0.25, 0.3) is 5.56 Å². The predicted molar refractivity (Wildman–Crippen MR) is 99.2 cm³/mol. The van der Waals surface area contributed by atoms with Gasteiger partial charge in [-0.2, -0.15) is 5.26 Å². The third kappa shape index (κ3) is 3.59. The monoisotopic (exact) mass is 353 g/mol. The van der Waals surface area contributed by atoms with E-state index in [0.29, 0.717) is 40.6 Å². The van der Waals surface area contributed by atoms with E-state index in [2.05, 4.69) is 16.4 Å². The van der Waals surface area contributed by atoms with Gasteiger partial charge in [-0.3, -0.25) is 4.79 Å². The van der Waals surface area contributed by atoms with Crippen molar-refractivity contribution < 1.29 is 4.74 Å². The van der Waals surface area contributed by atoms with Crippen molar-refractivity contribution in [2.45, 2.75) is 13.5 Å². The van der Waals surface area contributed by atoms with Crippen LogP contribution in [0.25, 0.3) is 10.9 Å². The number of para-hydroxylation sites is 1. The molecule has 0 fully saturated rings. The maximum atomic E-state index is 12.3. The zero-order valence-electron chi connectivity index (χ0n) is 13.6. The second-order valence-electron chi connectivity index (χ2n) is 5.44. The van der Waals surface area contributed by atoms with Crippen molar-refractivity contribution >= 4 is 28.2 Å². The fraction of sp³-hybridized carbons (Fsp3) is 0.158. The van der Waals surface area contributed by atoms with Crippen LogP contribution >= 0.6 is 11.6 Å². The van der Waals surface area contributed by atoms with Gasteiger partial charge in [-0.1, -0.05) is 23.7 Å². The molecule has 0 spiro atoms. The Morgan fingerprint density at radius 1 is 1.28 bits per heavy atom. The summed E-state index contributed by atoms with van der Waals surface area (Å²) < 4.78 is 5.47. The first-order chi connectivity index (χ1) is 12.1. The summed E-state index contributed by atoms with van der Waals surface area (Å²) in [7, 11) is 0. The first-order valence-corrected chi connectivity index (χ1v) is 8.21. The molecule has 0 atom stereocenters. The number of benzene rings is 2. The van der Waals surface area contributed by atoms with Gasteiger partial charge in [0.1, 0.15) is 11.8 Å². The Balaban J connectivity index is 1.86. The molecule has 0 aliphatic heterocycles. The van der Waals surface area contributed by atoms with Crippen molar-refractivity contribution in [2.75, 3.05) is 11.9 Å². The molecule has 0 amide bonds. The summed E-state index contributed by atoms with van der Waals surface area (Å²) in [5, 5.41) is 13.7. The Morgan fingerprint density at radius 2 is 2.12 bits per heavy atom. The summed E-state index contributed by atoms with van der Waals surface area (Å²) in [6.45, 7) is 2.68. The Kier molecular flexibility index (Phi) is 4.92. The molecule has 6 heteroatoms. The minimum atomic E-state index is -0.188. The van der Waals surface area contributed by atoms with Gasteiger partial charge in [-0.25, -0.2) is 0 Å². The second-order valence-corrected chi connectivity index (χ2v) is 5.84. The number of aromatic nitrogens is 1. The van der Waals surface area contributed by atoms with E-state index in [0.717, 1.165) is 11.1 Å². The average molecular weight is 354 g/mol. The molecular weight excluding hydrogens is 338 g/mol. The van der Waals surface area contributed by atoms with Gasteiger partial charge in [-0.15, -0.1) is 0 Å². The van der Waals surface area contributed by atoms with Crippen molar-refractivity contribution in [3.8, 4) is 11.8 Å². The molecule has 1 aromatic heterocycles. The summed E-state index contributed by atoms with van der Waals surface area (Å²) in [4.78, 5) is 15.1. The first kappa shape index (κ1) is 16.9. The largest absolute Gasteiger partial charge is 0.492 e. The van der Waals surface area contributed by atoms with Gasteiger partial charge < -0.3 is 15.0 Å². The van der Waals surface area contributed by atoms with Crippen molar-refractivity contribution in [1.29, 1.82) is 5.26 Å². The molecular formula is C19H16ClN3O2. The molecule has 126 valence electrons. The first-order valence-electron chi connectivity index (χ1n) is 7.83. The fourth-order valence-electron chi connectivity index (χ4n) is 2.57. The lowest BCUT2D eigenvalue weighted by Crippen LogP contribution is -2.15. The summed E-state index contributed by atoms with van der Waals surface area (Å²) in [5.41, 5.74) is 2.29. The van der Waals surface area contributed by atoms with Crippen LogP contribution in [0.4, 0.5) is 5.69 Å². The highest BCUT2D eigenvalue weighted by Gasteiger charge is 2.07. The molecule has 0 radical (unpaired) electrons. The zero-order chi connectivity index (χ0) is 17.8. The Labute approximate surface area is 149 Å². The molecule has 3 rings (SSSR count). The van der Waals surface area contributed by atoms with Gasteiger partial charge in [0, 0.05) is 29.2 Å². The van der Waals surface area contributed by atoms with E-state index >= 15 is 0 Å². The SMILES string of the molecule is CCOc1cc(NCc2cc3cccc(Cl)c3[nH]c2=O)ccc1C#N. The molecule has 0 aliphatic carbocycles. The molecule has 0 unspecified atom stereocenters. The number of hydrogen-bond donors (Lipinski definition) is 2. The number of hydrogen-bond acceptors (Lipinski definition) is 4. The molecule has 1 heterocycles. The number of ether oxygens (including phenoxy) is 1. The number of nitrogens with zero attached hydrogens (tertiary/aromatic N) is 1. The molecule has 0 bridgehead atoms. The number of halogens is 1. The van der Waals surface area contributed by atoms with Crippen molar-refractivity contribution in [1.82, 2.24) is 4.98 Å². The summed E-state index contributed by atoms with van der Waals surface area (Å²) in [5.74, 6) is 0.522. The minimum Gasteiger partial charge on any atom is -0.492 e. The molecule has 25 heavy (non-hydrogen) atoms. The highest BCUT2D eigenvalue weighted by molar-refractivity contribution is 6.35. The summed E-state index contributed by atoms with van der Waals surface area (Å²) >= 11 is 6.10. The van der Waals surface area contributed by atoms with E-state index < -0.39 is 0 Å². The number of rotatable bonds is 5. The molecule has 0 saturated carbocycles. The smallest absolute Gasteiger partial charge is 0.253 e. The quantitative estimate of drug-likeness (QED) is 0.725. The van der Waals surface area contributed by atoms with Crippen LogP contribution < -0.4 is 15.6 Å². The van der Waals surface area contributed by atoms with E-state index in [-0.39, 0.29) is 5.56 Å². The van der Waals surface area contributed by atoms with Crippen LogP contribution in [0, 0.1) is 11.3 Å². The van der Waals surface area contributed by atoms with Crippen LogP contribution in [-0.4, -0.2) is 11.6 Å². The molecule has 5 nitrogen and oxygen atoms in total. The number of nitrogens with one attached hydrogen (secondary N) is 2. The number of nitriles is 1. The summed E-state index contributed by atoms with van der Waals surface area (Å²) in [6.07, 6.45) is 0. The summed E-state index contributed by atoms with van der Waals surface area (Å²) in [6, 6.07) is 14.6. The van der Waals surface area contributed by atoms with E-state index in [4.69, 9.17) is 21.6 Å². The molecule has 0 aliphatic rings. The normalized spacial score (nSPS) is 10.4. The molecule has 3 aromatic rings. The van der Waals surface area contributed by atoms with Crippen molar-refractivity contribution in [3.63, 3.8) is 0 Å². The fourth-order valence-corrected chi connectivity index (χ4v) is 2.80. The van der Waals surface area contributed by atoms with Gasteiger partial charge in [-0.05, 0) is 31.2 Å². The third-order valence-corrected chi connectivity index (χ3v) is 4.11. The number of fused-ring (bicyclic) bond motifs is 1. The Morgan fingerprint density at radius 3 is 2.88 bits per heavy atom. The van der Waals surface area contributed by atoms with Crippen LogP contribution in [0.5, 0.6) is 5.75 Å². The zero-order valence-corrected chi connectivity index (χ0v) is 14.4. The lowest BCUT2D eigenvalue weighted by molar-refractivity contribution is 0.339. The van der Waals surface area contributed by atoms with E-state index in [1.165, 1.54) is 0 Å². The highest BCUT2D eigenvalue weighted by Crippen LogP contribution is 2.24. The Hall–Kier alpha value is -2.97. The van der Waals surface area contributed by atoms with Crippen LogP contribution in [0.1, 0.15) is 18.1 Å². The molecule has 2 aromatic carbocycles. The molecule has 2 N–H and O–H groups in total. The maximum absolute atomic E-state index is 12.3. The lowest BCUT2D eigenvalue weighted by atomic mass is 10.1. The number of anilines is 1. The highest BCUT2D eigenvalue weighted by atomic mass is 35.5. The van der Waals surface area contributed by atoms with Crippen molar-refractivity contribution in [2.24, 2.45) is 0 Å². The lowest BCUT2D eigenvalue weighted by Gasteiger charge is -2.11. The topological polar surface area (TPSA) is 77.9 Å². The van der Waals surface area contributed by atoms with Gasteiger partial charge >= 0.3 is 0 Å². The maximum Gasteiger partial charge on any atom is 0.253 e. The third-order valence-electron chi connectivity index (χ3n) is 3.79. The van der Waals surface area contributed by atoms with Gasteiger partial charge in [0.05, 0.1) is 22.7 Å². The van der Waals surface area contributed by atoms with E-state index in [9.17, 15) is 4.79 Å². The van der Waals surface area contributed by atoms with E-state index in [1.807, 2.05) is 25.1 Å². The minimum absolute atomic E-state index is 0.188. The number of aromatic amines is 1. The number of pyridine rings is 1. The van der Waals surface area contributed by atoms with Gasteiger partial charge in [0.15, 0.2) is 0 Å². The van der Waals surface area contributed by atoms with Gasteiger partial charge in [0.2, 0.25) is 0 Å². The predicted octanol–water partition coefficient (Wildman–Crippen LogP) is 4.06. The van der Waals surface area contributed by atoms with Crippen molar-refractivity contribution in [3.05, 3.63) is 69.0 Å². The Bertz CT molecular complexity index is 1020. The van der Waals surface area contributed by atoms with Crippen LogP contribution in [0.2, 0.25) is 5.02 Å². The van der Waals surface area contributed by atoms with E-state index in [1.54, 1.807) is 24.3 Å². The molecule has 0 saturated heterocycles. The van der Waals surface area contributed by atoms with Crippen LogP contribution in [0.3, 0.4) is 0 Å². The van der Waals surface area contributed by atoms with Crippen LogP contribution in [-0.2, 0) is 6.54 Å². The second kappa shape index (κ2) is 7.29. The van der Waals surface area contributed by atoms with Crippen LogP contribution in [0.15, 0.2) is 47.3 Å². The number of H-pyrrole nitrogens is 1. The standard InChI is InChI=1S/C19H16ClN3O2/c1-2-25-17-9-15(7-6-13(17)10-21)22-11-14-8-12-4-3-5-16(20)18(12)23-19(14)24/h3-9,22H,2,11H2,1H3,(H,23,24).